The number of hydrogen-bond acceptors (Lipinski definition) is 2. The maximum Gasteiger partial charge on any atom is 0.111 e. The second kappa shape index (κ2) is 6.35. The van der Waals surface area contributed by atoms with Gasteiger partial charge in [-0.05, 0) is 64.4 Å². The van der Waals surface area contributed by atoms with Crippen molar-refractivity contribution in [3.63, 3.8) is 0 Å². The number of benzene rings is 1. The van der Waals surface area contributed by atoms with Crippen molar-refractivity contribution in [3.8, 4) is 11.3 Å². The third-order valence-electron chi connectivity index (χ3n) is 6.41. The maximum atomic E-state index is 15.4. The van der Waals surface area contributed by atoms with Crippen LogP contribution < -0.4 is 0 Å². The Balaban J connectivity index is 1.49. The first kappa shape index (κ1) is 18.0. The molecule has 0 saturated heterocycles. The van der Waals surface area contributed by atoms with Crippen LogP contribution >= 0.6 is 11.6 Å². The first-order chi connectivity index (χ1) is 12.3. The molecule has 1 aliphatic carbocycles. The number of imidazole rings is 1. The van der Waals surface area contributed by atoms with E-state index in [1.54, 1.807) is 0 Å². The number of rotatable bonds is 4. The fourth-order valence-electron chi connectivity index (χ4n) is 4.77. The van der Waals surface area contributed by atoms with Crippen molar-refractivity contribution in [3.05, 3.63) is 41.3 Å². The Bertz CT molecular complexity index is 803. The first-order valence-corrected chi connectivity index (χ1v) is 9.88. The molecule has 1 atom stereocenters. The average molecular weight is 377 g/mol. The Kier molecular flexibility index (Phi) is 4.39. The Morgan fingerprint density at radius 2 is 2.08 bits per heavy atom. The van der Waals surface area contributed by atoms with E-state index in [0.29, 0.717) is 25.7 Å². The normalized spacial score (nSPS) is 28.0. The largest absolute Gasteiger partial charge is 0.390 e. The van der Waals surface area contributed by atoms with Gasteiger partial charge < -0.3 is 9.67 Å². The van der Waals surface area contributed by atoms with Crippen LogP contribution in [0.4, 0.5) is 4.39 Å². The van der Waals surface area contributed by atoms with E-state index in [9.17, 15) is 5.11 Å². The van der Waals surface area contributed by atoms with E-state index < -0.39 is 11.3 Å². The summed E-state index contributed by atoms with van der Waals surface area (Å²) in [4.78, 5) is 4.27. The van der Waals surface area contributed by atoms with Crippen molar-refractivity contribution in [1.29, 1.82) is 0 Å². The minimum absolute atomic E-state index is 0.0517. The number of hydrogen-bond donors (Lipinski definition) is 1. The van der Waals surface area contributed by atoms with E-state index in [2.05, 4.69) is 15.6 Å². The molecule has 0 amide bonds. The summed E-state index contributed by atoms with van der Waals surface area (Å²) in [7, 11) is 0. The molecular weight excluding hydrogens is 351 g/mol. The Labute approximate surface area is 159 Å². The molecule has 3 nitrogen and oxygen atoms in total. The minimum atomic E-state index is -1.15. The van der Waals surface area contributed by atoms with Crippen LogP contribution in [0.3, 0.4) is 0 Å². The molecule has 0 bridgehead atoms. The van der Waals surface area contributed by atoms with Crippen molar-refractivity contribution in [2.45, 2.75) is 69.7 Å². The number of nitrogens with zero attached hydrogens (tertiary/aromatic N) is 2. The molecule has 1 aliphatic heterocycles. The number of aromatic nitrogens is 2. The highest BCUT2D eigenvalue weighted by atomic mass is 35.5. The molecule has 1 N–H and O–H groups in total. The molecule has 4 rings (SSSR count). The van der Waals surface area contributed by atoms with Gasteiger partial charge in [-0.2, -0.15) is 0 Å². The molecule has 1 aromatic carbocycles. The molecule has 1 aromatic heterocycles. The SMILES string of the molecule is CC(C)(O)C1CCC(F)(CCC2c3c(Cl)cccc3-c3cncn32)CC1. The first-order valence-electron chi connectivity index (χ1n) is 9.50. The van der Waals surface area contributed by atoms with Crippen molar-refractivity contribution in [2.75, 3.05) is 0 Å². The highest BCUT2D eigenvalue weighted by Gasteiger charge is 2.41. The molecule has 140 valence electrons. The molecule has 2 aromatic rings. The van der Waals surface area contributed by atoms with Gasteiger partial charge in [-0.1, -0.05) is 23.7 Å². The smallest absolute Gasteiger partial charge is 0.111 e. The summed E-state index contributed by atoms with van der Waals surface area (Å²) in [5.74, 6) is 0.188. The molecule has 2 heterocycles. The fraction of sp³-hybridized carbons (Fsp3) is 0.571. The second-order valence-electron chi connectivity index (χ2n) is 8.52. The summed E-state index contributed by atoms with van der Waals surface area (Å²) < 4.78 is 17.6. The van der Waals surface area contributed by atoms with E-state index in [1.165, 1.54) is 0 Å². The Hall–Kier alpha value is -1.39. The standard InChI is InChI=1S/C21H26ClFN2O/c1-20(2,26)14-6-9-21(23,10-7-14)11-8-17-19-15(4-3-5-16(19)22)18-12-24-13-25(17)18/h3-5,12-14,17,26H,6-11H2,1-2H3. The summed E-state index contributed by atoms with van der Waals surface area (Å²) in [6.07, 6.45) is 7.46. The quantitative estimate of drug-likeness (QED) is 0.758. The zero-order valence-corrected chi connectivity index (χ0v) is 16.1. The molecule has 1 unspecified atom stereocenters. The summed E-state index contributed by atoms with van der Waals surface area (Å²) in [5.41, 5.74) is 1.41. The van der Waals surface area contributed by atoms with Gasteiger partial charge in [0.05, 0.1) is 29.9 Å². The van der Waals surface area contributed by atoms with Gasteiger partial charge in [0.2, 0.25) is 0 Å². The molecule has 5 heteroatoms. The number of aliphatic hydroxyl groups is 1. The van der Waals surface area contributed by atoms with Crippen LogP contribution in [-0.4, -0.2) is 25.9 Å². The van der Waals surface area contributed by atoms with Crippen LogP contribution in [0.5, 0.6) is 0 Å². The fourth-order valence-corrected chi connectivity index (χ4v) is 5.07. The van der Waals surface area contributed by atoms with Gasteiger partial charge in [-0.25, -0.2) is 9.37 Å². The van der Waals surface area contributed by atoms with Crippen molar-refractivity contribution >= 4 is 11.6 Å². The molecule has 1 fully saturated rings. The van der Waals surface area contributed by atoms with Gasteiger partial charge in [0.25, 0.3) is 0 Å². The van der Waals surface area contributed by atoms with E-state index >= 15 is 4.39 Å². The molecule has 0 spiro atoms. The van der Waals surface area contributed by atoms with Gasteiger partial charge >= 0.3 is 0 Å². The lowest BCUT2D eigenvalue weighted by Gasteiger charge is -2.39. The van der Waals surface area contributed by atoms with Gasteiger partial charge in [-0.3, -0.25) is 0 Å². The Morgan fingerprint density at radius 1 is 1.35 bits per heavy atom. The lowest BCUT2D eigenvalue weighted by Crippen LogP contribution is -2.39. The maximum absolute atomic E-state index is 15.4. The van der Waals surface area contributed by atoms with E-state index in [1.807, 2.05) is 38.5 Å². The van der Waals surface area contributed by atoms with Gasteiger partial charge in [0.1, 0.15) is 5.67 Å². The van der Waals surface area contributed by atoms with Gasteiger partial charge in [0, 0.05) is 16.1 Å². The van der Waals surface area contributed by atoms with Crippen LogP contribution in [0.2, 0.25) is 5.02 Å². The Morgan fingerprint density at radius 3 is 2.77 bits per heavy atom. The highest BCUT2D eigenvalue weighted by Crippen LogP contribution is 2.48. The van der Waals surface area contributed by atoms with Crippen LogP contribution in [0.25, 0.3) is 11.3 Å². The van der Waals surface area contributed by atoms with Gasteiger partial charge in [-0.15, -0.1) is 0 Å². The zero-order chi connectivity index (χ0) is 18.5. The molecule has 26 heavy (non-hydrogen) atoms. The third kappa shape index (κ3) is 3.07. The number of alkyl halides is 1. The molecular formula is C21H26ClFN2O. The van der Waals surface area contributed by atoms with Crippen LogP contribution in [0.1, 0.15) is 64.0 Å². The summed E-state index contributed by atoms with van der Waals surface area (Å²) in [6.45, 7) is 3.67. The van der Waals surface area contributed by atoms with Crippen LogP contribution in [0.15, 0.2) is 30.7 Å². The summed E-state index contributed by atoms with van der Waals surface area (Å²) in [6, 6.07) is 5.98. The second-order valence-corrected chi connectivity index (χ2v) is 8.93. The predicted octanol–water partition coefficient (Wildman–Crippen LogP) is 5.56. The van der Waals surface area contributed by atoms with E-state index in [-0.39, 0.29) is 12.0 Å². The average Bonchev–Trinajstić information content (AvgIpc) is 3.15. The lowest BCUT2D eigenvalue weighted by atomic mass is 9.72. The van der Waals surface area contributed by atoms with Crippen molar-refractivity contribution in [1.82, 2.24) is 9.55 Å². The summed E-state index contributed by atoms with van der Waals surface area (Å²) in [5, 5.41) is 10.9. The highest BCUT2D eigenvalue weighted by molar-refractivity contribution is 6.32. The third-order valence-corrected chi connectivity index (χ3v) is 6.74. The number of halogens is 2. The number of fused-ring (bicyclic) bond motifs is 3. The van der Waals surface area contributed by atoms with E-state index in [0.717, 1.165) is 34.7 Å². The van der Waals surface area contributed by atoms with Crippen LogP contribution in [-0.2, 0) is 0 Å². The van der Waals surface area contributed by atoms with E-state index in [4.69, 9.17) is 11.6 Å². The zero-order valence-electron chi connectivity index (χ0n) is 15.4. The van der Waals surface area contributed by atoms with Gasteiger partial charge in [0.15, 0.2) is 0 Å². The predicted molar refractivity (Wildman–Crippen MR) is 102 cm³/mol. The van der Waals surface area contributed by atoms with Crippen LogP contribution in [0, 0.1) is 5.92 Å². The topological polar surface area (TPSA) is 38.1 Å². The van der Waals surface area contributed by atoms with Crippen molar-refractivity contribution in [2.24, 2.45) is 5.92 Å². The molecule has 1 saturated carbocycles. The molecule has 0 radical (unpaired) electrons. The minimum Gasteiger partial charge on any atom is -0.390 e. The summed E-state index contributed by atoms with van der Waals surface area (Å²) >= 11 is 6.48. The monoisotopic (exact) mass is 376 g/mol. The molecule has 2 aliphatic rings. The van der Waals surface area contributed by atoms with Crippen molar-refractivity contribution < 1.29 is 9.50 Å². The lowest BCUT2D eigenvalue weighted by molar-refractivity contribution is -0.0312.